The first-order valence-electron chi connectivity index (χ1n) is 10.3. The van der Waals surface area contributed by atoms with Crippen molar-refractivity contribution in [3.05, 3.63) is 29.3 Å². The van der Waals surface area contributed by atoms with E-state index in [2.05, 4.69) is 33.1 Å². The fourth-order valence-corrected chi connectivity index (χ4v) is 2.44. The van der Waals surface area contributed by atoms with Crippen molar-refractivity contribution in [3.8, 4) is 5.75 Å². The number of aliphatic imine (C=N–C) groups is 1. The van der Waals surface area contributed by atoms with Crippen LogP contribution in [0.1, 0.15) is 45.2 Å². The fourth-order valence-electron chi connectivity index (χ4n) is 2.44. The van der Waals surface area contributed by atoms with Gasteiger partial charge in [-0.05, 0) is 25.5 Å². The molecule has 1 aromatic rings. The van der Waals surface area contributed by atoms with E-state index < -0.39 is 0 Å². The van der Waals surface area contributed by atoms with Gasteiger partial charge < -0.3 is 25.4 Å². The number of benzene rings is 1. The Balaban J connectivity index is 2.64. The number of ether oxygens (including phenoxy) is 2. The van der Waals surface area contributed by atoms with E-state index in [0.717, 1.165) is 29.8 Å². The third-order valence-corrected chi connectivity index (χ3v) is 4.11. The molecule has 0 saturated carbocycles. The molecule has 164 valence electrons. The van der Waals surface area contributed by atoms with Gasteiger partial charge in [0.1, 0.15) is 5.75 Å². The van der Waals surface area contributed by atoms with Gasteiger partial charge >= 0.3 is 0 Å². The molecule has 1 amide bonds. The minimum Gasteiger partial charge on any atom is -0.493 e. The molecule has 0 spiro atoms. The van der Waals surface area contributed by atoms with Gasteiger partial charge in [-0.15, -0.1) is 0 Å². The number of hydrogen-bond acceptors (Lipinski definition) is 4. The number of methoxy groups -OCH3 is 1. The van der Waals surface area contributed by atoms with E-state index in [4.69, 9.17) is 9.47 Å². The SMILES string of the molecule is CCNC(=NCc1ccc(C)cc1OCCCOC)NCCNC(=O)C(C)(C)C. The minimum atomic E-state index is -0.385. The maximum absolute atomic E-state index is 11.9. The molecule has 0 atom stereocenters. The topological polar surface area (TPSA) is 84.0 Å². The molecule has 0 fully saturated rings. The van der Waals surface area contributed by atoms with Crippen molar-refractivity contribution >= 4 is 11.9 Å². The predicted molar refractivity (Wildman–Crippen MR) is 118 cm³/mol. The largest absolute Gasteiger partial charge is 0.493 e. The average Bonchev–Trinajstić information content (AvgIpc) is 2.66. The quantitative estimate of drug-likeness (QED) is 0.299. The van der Waals surface area contributed by atoms with Gasteiger partial charge in [-0.25, -0.2) is 4.99 Å². The lowest BCUT2D eigenvalue weighted by molar-refractivity contribution is -0.128. The van der Waals surface area contributed by atoms with Crippen LogP contribution in [0.4, 0.5) is 0 Å². The molecule has 0 aromatic heterocycles. The van der Waals surface area contributed by atoms with Crippen LogP contribution >= 0.6 is 0 Å². The van der Waals surface area contributed by atoms with E-state index in [-0.39, 0.29) is 11.3 Å². The molecule has 3 N–H and O–H groups in total. The van der Waals surface area contributed by atoms with Crippen LogP contribution in [-0.4, -0.2) is 51.8 Å². The molecule has 29 heavy (non-hydrogen) atoms. The van der Waals surface area contributed by atoms with Crippen molar-refractivity contribution in [3.63, 3.8) is 0 Å². The maximum atomic E-state index is 11.9. The van der Waals surface area contributed by atoms with E-state index in [1.54, 1.807) is 7.11 Å². The van der Waals surface area contributed by atoms with E-state index in [9.17, 15) is 4.79 Å². The molecule has 0 radical (unpaired) electrons. The van der Waals surface area contributed by atoms with E-state index in [1.165, 1.54) is 0 Å². The molecular formula is C22H38N4O3. The molecule has 0 heterocycles. The molecule has 0 aliphatic carbocycles. The Morgan fingerprint density at radius 3 is 2.48 bits per heavy atom. The summed E-state index contributed by atoms with van der Waals surface area (Å²) in [7, 11) is 1.69. The van der Waals surface area contributed by atoms with Crippen molar-refractivity contribution < 1.29 is 14.3 Å². The Labute approximate surface area is 175 Å². The van der Waals surface area contributed by atoms with Crippen LogP contribution in [0.3, 0.4) is 0 Å². The highest BCUT2D eigenvalue weighted by Gasteiger charge is 2.20. The molecular weight excluding hydrogens is 368 g/mol. The molecule has 7 heteroatoms. The first-order chi connectivity index (χ1) is 13.8. The van der Waals surface area contributed by atoms with Crippen molar-refractivity contribution in [1.29, 1.82) is 0 Å². The van der Waals surface area contributed by atoms with Gasteiger partial charge in [0.15, 0.2) is 5.96 Å². The minimum absolute atomic E-state index is 0.0381. The average molecular weight is 407 g/mol. The molecule has 0 aliphatic rings. The summed E-state index contributed by atoms with van der Waals surface area (Å²) < 4.78 is 11.0. The molecule has 0 saturated heterocycles. The van der Waals surface area contributed by atoms with Crippen molar-refractivity contribution in [2.24, 2.45) is 10.4 Å². The number of carbonyl (C=O) groups is 1. The van der Waals surface area contributed by atoms with Gasteiger partial charge in [-0.2, -0.15) is 0 Å². The summed E-state index contributed by atoms with van der Waals surface area (Å²) in [6.45, 7) is 13.5. The molecule has 0 bridgehead atoms. The van der Waals surface area contributed by atoms with Gasteiger partial charge in [-0.3, -0.25) is 4.79 Å². The van der Waals surface area contributed by atoms with Crippen LogP contribution in [0.2, 0.25) is 0 Å². The highest BCUT2D eigenvalue weighted by molar-refractivity contribution is 5.81. The van der Waals surface area contributed by atoms with Crippen LogP contribution in [-0.2, 0) is 16.1 Å². The maximum Gasteiger partial charge on any atom is 0.225 e. The normalized spacial score (nSPS) is 11.9. The number of guanidine groups is 1. The van der Waals surface area contributed by atoms with E-state index in [1.807, 2.05) is 40.7 Å². The summed E-state index contributed by atoms with van der Waals surface area (Å²) in [5.74, 6) is 1.61. The summed E-state index contributed by atoms with van der Waals surface area (Å²) in [4.78, 5) is 16.6. The zero-order chi connectivity index (χ0) is 21.7. The number of nitrogens with zero attached hydrogens (tertiary/aromatic N) is 1. The Kier molecular flexibility index (Phi) is 11.1. The van der Waals surface area contributed by atoms with E-state index >= 15 is 0 Å². The summed E-state index contributed by atoms with van der Waals surface area (Å²) >= 11 is 0. The number of amides is 1. The molecule has 0 unspecified atom stereocenters. The highest BCUT2D eigenvalue weighted by Crippen LogP contribution is 2.21. The zero-order valence-corrected chi connectivity index (χ0v) is 18.9. The smallest absolute Gasteiger partial charge is 0.225 e. The standard InChI is InChI=1S/C22H38N4O3/c1-7-23-21(25-12-11-24-20(27)22(3,4)5)26-16-18-10-9-17(2)15-19(18)29-14-8-13-28-6/h9-10,15H,7-8,11-14,16H2,1-6H3,(H,24,27)(H2,23,25,26). The van der Waals surface area contributed by atoms with Crippen molar-refractivity contribution in [2.45, 2.75) is 47.6 Å². The van der Waals surface area contributed by atoms with Gasteiger partial charge in [0.05, 0.1) is 13.2 Å². The van der Waals surface area contributed by atoms with Crippen LogP contribution in [0.5, 0.6) is 5.75 Å². The second-order valence-corrected chi connectivity index (χ2v) is 7.93. The van der Waals surface area contributed by atoms with E-state index in [0.29, 0.717) is 38.8 Å². The van der Waals surface area contributed by atoms with Crippen molar-refractivity contribution in [1.82, 2.24) is 16.0 Å². The number of rotatable bonds is 11. The van der Waals surface area contributed by atoms with Crippen LogP contribution < -0.4 is 20.7 Å². The monoisotopic (exact) mass is 406 g/mol. The van der Waals surface area contributed by atoms with Crippen LogP contribution in [0.15, 0.2) is 23.2 Å². The lowest BCUT2D eigenvalue weighted by atomic mass is 9.96. The van der Waals surface area contributed by atoms with Crippen LogP contribution in [0.25, 0.3) is 0 Å². The Hall–Kier alpha value is -2.28. The summed E-state index contributed by atoms with van der Waals surface area (Å²) in [5.41, 5.74) is 1.80. The molecule has 0 aliphatic heterocycles. The Morgan fingerprint density at radius 2 is 1.83 bits per heavy atom. The second kappa shape index (κ2) is 13.0. The third kappa shape index (κ3) is 10.2. The predicted octanol–water partition coefficient (Wildman–Crippen LogP) is 2.63. The Morgan fingerprint density at radius 1 is 1.10 bits per heavy atom. The number of hydrogen-bond donors (Lipinski definition) is 3. The lowest BCUT2D eigenvalue weighted by Gasteiger charge is -2.18. The summed E-state index contributed by atoms with van der Waals surface area (Å²) in [5, 5.41) is 9.41. The number of nitrogens with one attached hydrogen (secondary N) is 3. The number of carbonyl (C=O) groups excluding carboxylic acids is 1. The van der Waals surface area contributed by atoms with Gasteiger partial charge in [0.25, 0.3) is 0 Å². The number of aryl methyl sites for hydroxylation is 1. The first kappa shape index (κ1) is 24.8. The fraction of sp³-hybridized carbons (Fsp3) is 0.636. The third-order valence-electron chi connectivity index (χ3n) is 4.11. The van der Waals surface area contributed by atoms with Gasteiger partial charge in [0, 0.05) is 50.8 Å². The Bertz CT molecular complexity index is 654. The lowest BCUT2D eigenvalue weighted by Crippen LogP contribution is -2.43. The summed E-state index contributed by atoms with van der Waals surface area (Å²) in [6.07, 6.45) is 0.845. The van der Waals surface area contributed by atoms with Crippen molar-refractivity contribution in [2.75, 3.05) is 40.0 Å². The van der Waals surface area contributed by atoms with Crippen LogP contribution in [0, 0.1) is 12.3 Å². The zero-order valence-electron chi connectivity index (χ0n) is 18.9. The second-order valence-electron chi connectivity index (χ2n) is 7.93. The highest BCUT2D eigenvalue weighted by atomic mass is 16.5. The molecule has 1 aromatic carbocycles. The summed E-state index contributed by atoms with van der Waals surface area (Å²) in [6, 6.07) is 6.16. The van der Waals surface area contributed by atoms with Gasteiger partial charge in [-0.1, -0.05) is 32.9 Å². The molecule has 1 rings (SSSR count). The molecule has 7 nitrogen and oxygen atoms in total. The van der Waals surface area contributed by atoms with Gasteiger partial charge in [0.2, 0.25) is 5.91 Å². The first-order valence-corrected chi connectivity index (χ1v) is 10.3.